The van der Waals surface area contributed by atoms with E-state index in [-0.39, 0.29) is 29.7 Å². The molecule has 3 aromatic rings. The Morgan fingerprint density at radius 2 is 1.52 bits per heavy atom. The van der Waals surface area contributed by atoms with Crippen molar-refractivity contribution in [3.63, 3.8) is 0 Å². The van der Waals surface area contributed by atoms with Crippen molar-refractivity contribution in [2.45, 2.75) is 13.8 Å². The van der Waals surface area contributed by atoms with E-state index in [1.54, 1.807) is 54.6 Å². The average Bonchev–Trinajstić information content (AvgIpc) is 3.01. The highest BCUT2D eigenvalue weighted by Crippen LogP contribution is 2.28. The number of rotatable bonds is 5. The number of Topliss-reactive ketones (excluding diaryl/α,β-unsaturated/α-hetero) is 2. The molecule has 1 aliphatic carbocycles. The number of allylic oxidation sites excluding steroid dienone is 1. The van der Waals surface area contributed by atoms with Crippen molar-refractivity contribution in [3.8, 4) is 5.75 Å². The second-order valence-corrected chi connectivity index (χ2v) is 7.42. The summed E-state index contributed by atoms with van der Waals surface area (Å²) in [5, 5.41) is 2.85. The van der Waals surface area contributed by atoms with E-state index < -0.39 is 0 Å². The first kappa shape index (κ1) is 20.3. The highest BCUT2D eigenvalue weighted by molar-refractivity contribution is 6.41. The molecular formula is C26H21NO4. The van der Waals surface area contributed by atoms with Gasteiger partial charge in [-0.2, -0.15) is 0 Å². The number of hydrogen-bond acceptors (Lipinski definition) is 4. The van der Waals surface area contributed by atoms with Crippen LogP contribution in [0.1, 0.15) is 37.4 Å². The second-order valence-electron chi connectivity index (χ2n) is 7.42. The number of carbonyl (C=O) groups excluding carboxylic acids is 3. The van der Waals surface area contributed by atoms with Crippen LogP contribution in [0, 0.1) is 13.8 Å². The molecule has 154 valence electrons. The van der Waals surface area contributed by atoms with E-state index in [2.05, 4.69) is 5.32 Å². The molecule has 0 spiro atoms. The summed E-state index contributed by atoms with van der Waals surface area (Å²) in [7, 11) is 0. The van der Waals surface area contributed by atoms with Gasteiger partial charge in [-0.25, -0.2) is 0 Å². The van der Waals surface area contributed by atoms with Crippen LogP contribution in [0.25, 0.3) is 6.08 Å². The highest BCUT2D eigenvalue weighted by atomic mass is 16.5. The van der Waals surface area contributed by atoms with E-state index in [0.29, 0.717) is 22.4 Å². The number of ketones is 2. The summed E-state index contributed by atoms with van der Waals surface area (Å²) in [6.45, 7) is 3.82. The van der Waals surface area contributed by atoms with E-state index in [0.717, 1.165) is 16.8 Å². The van der Waals surface area contributed by atoms with Crippen LogP contribution in [0.4, 0.5) is 5.69 Å². The predicted molar refractivity (Wildman–Crippen MR) is 120 cm³/mol. The molecule has 0 aromatic heterocycles. The van der Waals surface area contributed by atoms with Gasteiger partial charge >= 0.3 is 0 Å². The van der Waals surface area contributed by atoms with Crippen LogP contribution in [0.2, 0.25) is 0 Å². The van der Waals surface area contributed by atoms with Gasteiger partial charge in [0.05, 0.1) is 5.57 Å². The maximum atomic E-state index is 12.5. The summed E-state index contributed by atoms with van der Waals surface area (Å²) in [6.07, 6.45) is 1.58. The monoisotopic (exact) mass is 411 g/mol. The third kappa shape index (κ3) is 4.16. The van der Waals surface area contributed by atoms with E-state index in [9.17, 15) is 14.4 Å². The van der Waals surface area contributed by atoms with Crippen molar-refractivity contribution in [3.05, 3.63) is 100 Å². The Hall–Kier alpha value is -3.99. The number of nitrogens with one attached hydrogen (secondary N) is 1. The first-order valence-electron chi connectivity index (χ1n) is 9.93. The second kappa shape index (κ2) is 8.40. The number of amides is 1. The maximum Gasteiger partial charge on any atom is 0.262 e. The van der Waals surface area contributed by atoms with Gasteiger partial charge in [0.1, 0.15) is 5.75 Å². The van der Waals surface area contributed by atoms with Crippen molar-refractivity contribution < 1.29 is 19.1 Å². The minimum atomic E-state index is -0.260. The molecule has 0 heterocycles. The number of aryl methyl sites for hydroxylation is 1. The van der Waals surface area contributed by atoms with Crippen molar-refractivity contribution in [2.75, 3.05) is 11.9 Å². The maximum absolute atomic E-state index is 12.5. The molecule has 0 fully saturated rings. The summed E-state index contributed by atoms with van der Waals surface area (Å²) >= 11 is 0. The zero-order chi connectivity index (χ0) is 22.0. The fourth-order valence-electron chi connectivity index (χ4n) is 3.45. The van der Waals surface area contributed by atoms with Crippen molar-refractivity contribution >= 4 is 29.2 Å². The quantitative estimate of drug-likeness (QED) is 0.484. The molecule has 3 aromatic carbocycles. The van der Waals surface area contributed by atoms with Gasteiger partial charge in [0.15, 0.2) is 18.2 Å². The molecule has 0 aliphatic heterocycles. The number of fused-ring (bicyclic) bond motifs is 1. The normalized spacial score (nSPS) is 12.5. The van der Waals surface area contributed by atoms with Crippen LogP contribution in [-0.2, 0) is 4.79 Å². The Balaban J connectivity index is 1.39. The molecular weight excluding hydrogens is 390 g/mol. The van der Waals surface area contributed by atoms with Crippen LogP contribution in [-0.4, -0.2) is 24.1 Å². The van der Waals surface area contributed by atoms with Gasteiger partial charge in [-0.15, -0.1) is 0 Å². The summed E-state index contributed by atoms with van der Waals surface area (Å²) < 4.78 is 5.56. The number of carbonyl (C=O) groups is 3. The van der Waals surface area contributed by atoms with Gasteiger partial charge in [-0.1, -0.05) is 48.5 Å². The SMILES string of the molecule is Cc1cccc(NC(=O)COc2ccc(C=C3C(=O)c4ccccc4C3=O)cc2)c1C. The van der Waals surface area contributed by atoms with Crippen LogP contribution < -0.4 is 10.1 Å². The predicted octanol–water partition coefficient (Wildman–Crippen LogP) is 4.78. The van der Waals surface area contributed by atoms with E-state index in [1.807, 2.05) is 32.0 Å². The number of anilines is 1. The smallest absolute Gasteiger partial charge is 0.262 e. The molecule has 0 saturated carbocycles. The largest absolute Gasteiger partial charge is 0.484 e. The Morgan fingerprint density at radius 3 is 2.16 bits per heavy atom. The van der Waals surface area contributed by atoms with Crippen LogP contribution in [0.15, 0.2) is 72.3 Å². The Labute approximate surface area is 180 Å². The van der Waals surface area contributed by atoms with E-state index in [1.165, 1.54) is 0 Å². The van der Waals surface area contributed by atoms with E-state index >= 15 is 0 Å². The molecule has 31 heavy (non-hydrogen) atoms. The summed E-state index contributed by atoms with van der Waals surface area (Å²) in [4.78, 5) is 37.2. The Kier molecular flexibility index (Phi) is 5.50. The first-order chi connectivity index (χ1) is 14.9. The van der Waals surface area contributed by atoms with Gasteiger partial charge in [-0.3, -0.25) is 14.4 Å². The lowest BCUT2D eigenvalue weighted by atomic mass is 10.1. The molecule has 1 N–H and O–H groups in total. The fourth-order valence-corrected chi connectivity index (χ4v) is 3.45. The zero-order valence-electron chi connectivity index (χ0n) is 17.3. The molecule has 0 unspecified atom stereocenters. The van der Waals surface area contributed by atoms with Crippen molar-refractivity contribution in [2.24, 2.45) is 0 Å². The van der Waals surface area contributed by atoms with Gasteiger partial charge in [0.25, 0.3) is 5.91 Å². The fraction of sp³-hybridized carbons (Fsp3) is 0.115. The Bertz CT molecular complexity index is 1190. The van der Waals surface area contributed by atoms with Crippen LogP contribution in [0.3, 0.4) is 0 Å². The lowest BCUT2D eigenvalue weighted by Crippen LogP contribution is -2.20. The number of hydrogen-bond donors (Lipinski definition) is 1. The Morgan fingerprint density at radius 1 is 0.871 bits per heavy atom. The van der Waals surface area contributed by atoms with Crippen molar-refractivity contribution in [1.82, 2.24) is 0 Å². The van der Waals surface area contributed by atoms with Gasteiger partial charge in [-0.05, 0) is 54.8 Å². The van der Waals surface area contributed by atoms with Gasteiger partial charge in [0, 0.05) is 16.8 Å². The van der Waals surface area contributed by atoms with E-state index in [4.69, 9.17) is 4.74 Å². The molecule has 0 atom stereocenters. The summed E-state index contributed by atoms with van der Waals surface area (Å²) in [5.41, 5.74) is 4.63. The molecule has 0 bridgehead atoms. The number of benzene rings is 3. The third-order valence-corrected chi connectivity index (χ3v) is 5.35. The first-order valence-corrected chi connectivity index (χ1v) is 9.93. The van der Waals surface area contributed by atoms with Crippen LogP contribution >= 0.6 is 0 Å². The lowest BCUT2D eigenvalue weighted by molar-refractivity contribution is -0.118. The van der Waals surface area contributed by atoms with Crippen LogP contribution in [0.5, 0.6) is 5.75 Å². The molecule has 5 heteroatoms. The lowest BCUT2D eigenvalue weighted by Gasteiger charge is -2.11. The van der Waals surface area contributed by atoms with Gasteiger partial charge in [0.2, 0.25) is 0 Å². The van der Waals surface area contributed by atoms with Crippen molar-refractivity contribution in [1.29, 1.82) is 0 Å². The zero-order valence-corrected chi connectivity index (χ0v) is 17.3. The standard InChI is InChI=1S/C26H21NO4/c1-16-6-5-9-23(17(16)2)27-24(28)15-31-19-12-10-18(11-13-19)14-22-25(29)20-7-3-4-8-21(20)26(22)30/h3-14H,15H2,1-2H3,(H,27,28). The molecule has 1 aliphatic rings. The minimum Gasteiger partial charge on any atom is -0.484 e. The molecule has 0 radical (unpaired) electrons. The molecule has 0 saturated heterocycles. The summed E-state index contributed by atoms with van der Waals surface area (Å²) in [6, 6.07) is 19.4. The number of ether oxygens (including phenoxy) is 1. The minimum absolute atomic E-state index is 0.125. The molecule has 1 amide bonds. The van der Waals surface area contributed by atoms with Gasteiger partial charge < -0.3 is 10.1 Å². The summed E-state index contributed by atoms with van der Waals surface area (Å²) in [5.74, 6) is -0.251. The average molecular weight is 411 g/mol. The topological polar surface area (TPSA) is 72.5 Å². The highest BCUT2D eigenvalue weighted by Gasteiger charge is 2.32. The molecule has 5 nitrogen and oxygen atoms in total. The molecule has 4 rings (SSSR count). The third-order valence-electron chi connectivity index (χ3n) is 5.35.